The number of hydrogen-bond acceptors (Lipinski definition) is 7. The summed E-state index contributed by atoms with van der Waals surface area (Å²) in [6.45, 7) is 0.863. The molecule has 0 saturated heterocycles. The number of aliphatic hydroxyl groups is 1. The molecule has 152 valence electrons. The van der Waals surface area contributed by atoms with Crippen LogP contribution in [-0.4, -0.2) is 45.5 Å². The lowest BCUT2D eigenvalue weighted by atomic mass is 10.0. The largest absolute Gasteiger partial charge is 0.482 e. The van der Waals surface area contributed by atoms with E-state index < -0.39 is 30.8 Å². The number of aryl methyl sites for hydroxylation is 1. The number of halogens is 3. The van der Waals surface area contributed by atoms with Gasteiger partial charge in [-0.2, -0.15) is 18.2 Å². The summed E-state index contributed by atoms with van der Waals surface area (Å²) >= 11 is 0. The predicted octanol–water partition coefficient (Wildman–Crippen LogP) is 2.23. The number of ether oxygens (including phenoxy) is 1. The van der Waals surface area contributed by atoms with E-state index in [-0.39, 0.29) is 29.1 Å². The molecule has 2 N–H and O–H groups in total. The van der Waals surface area contributed by atoms with Gasteiger partial charge >= 0.3 is 6.18 Å². The maximum absolute atomic E-state index is 12.7. The molecule has 0 radical (unpaired) electrons. The molecule has 1 atom stereocenters. The van der Waals surface area contributed by atoms with Crippen molar-refractivity contribution in [1.82, 2.24) is 20.4 Å². The molecule has 1 aliphatic rings. The highest BCUT2D eigenvalue weighted by molar-refractivity contribution is 5.95. The molecule has 8 nitrogen and oxygen atoms in total. The summed E-state index contributed by atoms with van der Waals surface area (Å²) in [7, 11) is 0. The van der Waals surface area contributed by atoms with Crippen molar-refractivity contribution in [2.75, 3.05) is 13.2 Å². The second-order valence-corrected chi connectivity index (χ2v) is 6.87. The maximum Gasteiger partial charge on any atom is 0.422 e. The fourth-order valence-corrected chi connectivity index (χ4v) is 2.54. The van der Waals surface area contributed by atoms with Gasteiger partial charge in [-0.1, -0.05) is 5.16 Å². The van der Waals surface area contributed by atoms with E-state index in [9.17, 15) is 23.1 Å². The van der Waals surface area contributed by atoms with Crippen molar-refractivity contribution in [3.05, 3.63) is 35.2 Å². The number of carbonyl (C=O) groups excluding carboxylic acids is 1. The van der Waals surface area contributed by atoms with Crippen LogP contribution in [0.25, 0.3) is 0 Å². The van der Waals surface area contributed by atoms with Gasteiger partial charge in [0.05, 0.1) is 6.61 Å². The highest BCUT2D eigenvalue weighted by Crippen LogP contribution is 2.41. The first-order valence-electron chi connectivity index (χ1n) is 8.55. The van der Waals surface area contributed by atoms with Gasteiger partial charge in [0.2, 0.25) is 5.89 Å². The third-order valence-electron chi connectivity index (χ3n) is 4.26. The number of rotatable bonds is 7. The van der Waals surface area contributed by atoms with Gasteiger partial charge in [-0.3, -0.25) is 4.79 Å². The number of hydrogen-bond donors (Lipinski definition) is 2. The van der Waals surface area contributed by atoms with Crippen LogP contribution in [0.3, 0.4) is 0 Å². The number of carbonyl (C=O) groups is 1. The molecule has 0 aromatic carbocycles. The summed E-state index contributed by atoms with van der Waals surface area (Å²) in [5, 5.41) is 15.9. The predicted molar refractivity (Wildman–Crippen MR) is 88.7 cm³/mol. The van der Waals surface area contributed by atoms with E-state index in [0.717, 1.165) is 12.8 Å². The molecule has 2 heterocycles. The summed E-state index contributed by atoms with van der Waals surface area (Å²) in [4.78, 5) is 20.7. The Morgan fingerprint density at radius 3 is 2.68 bits per heavy atom. The van der Waals surface area contributed by atoms with Crippen molar-refractivity contribution in [1.29, 1.82) is 0 Å². The maximum atomic E-state index is 12.7. The number of nitrogens with zero attached hydrogens (tertiary/aromatic N) is 3. The molecule has 0 unspecified atom stereocenters. The van der Waals surface area contributed by atoms with Gasteiger partial charge in [-0.05, 0) is 37.3 Å². The number of aliphatic hydroxyl groups excluding tert-OH is 1. The number of amides is 1. The third kappa shape index (κ3) is 4.58. The molecule has 1 fully saturated rings. The zero-order valence-corrected chi connectivity index (χ0v) is 15.2. The normalized spacial score (nSPS) is 16.5. The quantitative estimate of drug-likeness (QED) is 0.733. The molecule has 0 aliphatic heterocycles. The number of aromatic nitrogens is 3. The molecule has 11 heteroatoms. The van der Waals surface area contributed by atoms with E-state index in [0.29, 0.717) is 5.56 Å². The van der Waals surface area contributed by atoms with Crippen LogP contribution in [0.5, 0.6) is 5.75 Å². The van der Waals surface area contributed by atoms with Crippen molar-refractivity contribution >= 4 is 5.91 Å². The van der Waals surface area contributed by atoms with Gasteiger partial charge in [0.1, 0.15) is 5.54 Å². The SMILES string of the molecule is Cc1nc([C@](C)(CO)NC(=O)c2ncc(C3CC3)cc2OCC(F)(F)F)no1. The van der Waals surface area contributed by atoms with Crippen molar-refractivity contribution < 1.29 is 32.3 Å². The summed E-state index contributed by atoms with van der Waals surface area (Å²) in [6.07, 6.45) is -1.30. The Morgan fingerprint density at radius 2 is 2.14 bits per heavy atom. The summed E-state index contributed by atoms with van der Waals surface area (Å²) in [5.74, 6) is -0.650. The number of alkyl halides is 3. The summed E-state index contributed by atoms with van der Waals surface area (Å²) < 4.78 is 47.5. The molecule has 28 heavy (non-hydrogen) atoms. The lowest BCUT2D eigenvalue weighted by Gasteiger charge is -2.25. The van der Waals surface area contributed by atoms with E-state index in [1.54, 1.807) is 0 Å². The van der Waals surface area contributed by atoms with Crippen LogP contribution < -0.4 is 10.1 Å². The minimum atomic E-state index is -4.56. The molecule has 1 amide bonds. The molecule has 0 spiro atoms. The standard InChI is InChI=1S/C17H19F3N4O4/c1-9-22-15(24-28-9)16(2,7-25)23-14(26)13-12(27-8-17(18,19)20)5-11(6-21-13)10-3-4-10/h5-6,10,25H,3-4,7-8H2,1-2H3,(H,23,26)/t16-/m0/s1. The lowest BCUT2D eigenvalue weighted by Crippen LogP contribution is -2.47. The average Bonchev–Trinajstić information content (AvgIpc) is 3.39. The average molecular weight is 400 g/mol. The Hall–Kier alpha value is -2.69. The molecule has 2 aromatic heterocycles. The minimum absolute atomic E-state index is 0.0215. The number of nitrogens with one attached hydrogen (secondary N) is 1. The van der Waals surface area contributed by atoms with Gasteiger partial charge in [0.25, 0.3) is 5.91 Å². The molecule has 3 rings (SSSR count). The Bertz CT molecular complexity index is 866. The van der Waals surface area contributed by atoms with Gasteiger partial charge in [-0.25, -0.2) is 4.98 Å². The fourth-order valence-electron chi connectivity index (χ4n) is 2.54. The Morgan fingerprint density at radius 1 is 1.43 bits per heavy atom. The van der Waals surface area contributed by atoms with E-state index in [4.69, 9.17) is 9.26 Å². The van der Waals surface area contributed by atoms with Crippen molar-refractivity contribution in [3.63, 3.8) is 0 Å². The zero-order valence-electron chi connectivity index (χ0n) is 15.2. The molecule has 2 aromatic rings. The number of pyridine rings is 1. The van der Waals surface area contributed by atoms with Crippen LogP contribution in [0.15, 0.2) is 16.8 Å². The molecule has 0 bridgehead atoms. The third-order valence-corrected chi connectivity index (χ3v) is 4.26. The second kappa shape index (κ2) is 7.38. The summed E-state index contributed by atoms with van der Waals surface area (Å²) in [6, 6.07) is 1.40. The van der Waals surface area contributed by atoms with Crippen LogP contribution in [0.2, 0.25) is 0 Å². The van der Waals surface area contributed by atoms with Crippen LogP contribution in [-0.2, 0) is 5.54 Å². The van der Waals surface area contributed by atoms with E-state index >= 15 is 0 Å². The van der Waals surface area contributed by atoms with Gasteiger partial charge < -0.3 is 19.7 Å². The Kier molecular flexibility index (Phi) is 5.28. The topological polar surface area (TPSA) is 110 Å². The first-order chi connectivity index (χ1) is 13.1. The zero-order chi connectivity index (χ0) is 20.5. The summed E-state index contributed by atoms with van der Waals surface area (Å²) in [5.41, 5.74) is -1.03. The minimum Gasteiger partial charge on any atom is -0.482 e. The van der Waals surface area contributed by atoms with E-state index in [1.165, 1.54) is 26.1 Å². The van der Waals surface area contributed by atoms with E-state index in [1.807, 2.05) is 0 Å². The van der Waals surface area contributed by atoms with Crippen LogP contribution in [0.4, 0.5) is 13.2 Å². The Labute approximate surface area is 158 Å². The molecular weight excluding hydrogens is 381 g/mol. The second-order valence-electron chi connectivity index (χ2n) is 6.87. The smallest absolute Gasteiger partial charge is 0.422 e. The van der Waals surface area contributed by atoms with Gasteiger partial charge in [-0.15, -0.1) is 0 Å². The lowest BCUT2D eigenvalue weighted by molar-refractivity contribution is -0.153. The highest BCUT2D eigenvalue weighted by atomic mass is 19.4. The highest BCUT2D eigenvalue weighted by Gasteiger charge is 2.36. The molecule has 1 saturated carbocycles. The van der Waals surface area contributed by atoms with Crippen molar-refractivity contribution in [3.8, 4) is 5.75 Å². The van der Waals surface area contributed by atoms with Crippen LogP contribution in [0.1, 0.15) is 53.5 Å². The monoisotopic (exact) mass is 400 g/mol. The van der Waals surface area contributed by atoms with E-state index in [2.05, 4.69) is 20.4 Å². The molecular formula is C17H19F3N4O4. The van der Waals surface area contributed by atoms with Crippen LogP contribution >= 0.6 is 0 Å². The van der Waals surface area contributed by atoms with Crippen molar-refractivity contribution in [2.24, 2.45) is 0 Å². The van der Waals surface area contributed by atoms with Gasteiger partial charge in [0.15, 0.2) is 23.9 Å². The van der Waals surface area contributed by atoms with Gasteiger partial charge in [0, 0.05) is 13.1 Å². The Balaban J connectivity index is 1.86. The first kappa shape index (κ1) is 20.1. The molecule has 1 aliphatic carbocycles. The first-order valence-corrected chi connectivity index (χ1v) is 8.55. The fraction of sp³-hybridized carbons (Fsp3) is 0.529. The van der Waals surface area contributed by atoms with Crippen LogP contribution in [0, 0.1) is 6.92 Å². The van der Waals surface area contributed by atoms with Crippen molar-refractivity contribution in [2.45, 2.75) is 44.3 Å².